The molecule has 7 nitrogen and oxygen atoms in total. The Balaban J connectivity index is 2.39. The molecule has 8 heteroatoms. The van der Waals surface area contributed by atoms with Crippen molar-refractivity contribution in [3.63, 3.8) is 0 Å². The van der Waals surface area contributed by atoms with E-state index in [9.17, 15) is 14.4 Å². The number of hydrogen-bond donors (Lipinski definition) is 3. The van der Waals surface area contributed by atoms with Crippen molar-refractivity contribution in [1.82, 2.24) is 15.5 Å². The van der Waals surface area contributed by atoms with E-state index in [0.29, 0.717) is 11.6 Å². The summed E-state index contributed by atoms with van der Waals surface area (Å²) in [5.41, 5.74) is 0.881. The van der Waals surface area contributed by atoms with Crippen LogP contribution in [0.3, 0.4) is 0 Å². The van der Waals surface area contributed by atoms with E-state index in [-0.39, 0.29) is 31.5 Å². The smallest absolute Gasteiger partial charge is 0.315 e. The van der Waals surface area contributed by atoms with E-state index in [1.807, 2.05) is 0 Å². The van der Waals surface area contributed by atoms with Crippen LogP contribution in [-0.4, -0.2) is 47.0 Å². The van der Waals surface area contributed by atoms with Crippen LogP contribution in [0.25, 0.3) is 0 Å². The van der Waals surface area contributed by atoms with Crippen molar-refractivity contribution in [1.29, 1.82) is 0 Å². The first kappa shape index (κ1) is 19.8. The number of amides is 3. The maximum atomic E-state index is 12.1. The summed E-state index contributed by atoms with van der Waals surface area (Å²) >= 11 is 5.78. The Bertz CT molecular complexity index is 575. The number of nitrogens with one attached hydrogen (secondary N) is 2. The number of carboxylic acid groups (broad SMARTS) is 1. The Labute approximate surface area is 146 Å². The third-order valence-electron chi connectivity index (χ3n) is 3.28. The molecule has 3 amide bonds. The van der Waals surface area contributed by atoms with Gasteiger partial charge in [0.15, 0.2) is 0 Å². The number of carboxylic acids is 1. The van der Waals surface area contributed by atoms with Gasteiger partial charge in [-0.25, -0.2) is 4.79 Å². The van der Waals surface area contributed by atoms with Crippen molar-refractivity contribution in [2.45, 2.75) is 32.9 Å². The highest BCUT2D eigenvalue weighted by molar-refractivity contribution is 6.30. The molecule has 1 aromatic rings. The Morgan fingerprint density at radius 1 is 1.17 bits per heavy atom. The van der Waals surface area contributed by atoms with Gasteiger partial charge in [0.05, 0.1) is 13.0 Å². The SMILES string of the molecule is CC(C)N(CCC(=O)O)C(=O)CNC(=O)NCc1ccc(Cl)cc1. The second kappa shape index (κ2) is 9.77. The summed E-state index contributed by atoms with van der Waals surface area (Å²) in [4.78, 5) is 35.9. The van der Waals surface area contributed by atoms with Crippen molar-refractivity contribution >= 4 is 29.5 Å². The molecule has 0 saturated carbocycles. The molecule has 0 aromatic heterocycles. The fourth-order valence-corrected chi connectivity index (χ4v) is 2.12. The van der Waals surface area contributed by atoms with Crippen LogP contribution in [0.5, 0.6) is 0 Å². The van der Waals surface area contributed by atoms with E-state index >= 15 is 0 Å². The van der Waals surface area contributed by atoms with Crippen molar-refractivity contribution in [2.24, 2.45) is 0 Å². The van der Waals surface area contributed by atoms with Gasteiger partial charge in [-0.1, -0.05) is 23.7 Å². The summed E-state index contributed by atoms with van der Waals surface area (Å²) in [5.74, 6) is -1.30. The first-order valence-electron chi connectivity index (χ1n) is 7.57. The lowest BCUT2D eigenvalue weighted by molar-refractivity contribution is -0.138. The number of urea groups is 1. The second-order valence-electron chi connectivity index (χ2n) is 5.49. The minimum Gasteiger partial charge on any atom is -0.481 e. The second-order valence-corrected chi connectivity index (χ2v) is 5.92. The fourth-order valence-electron chi connectivity index (χ4n) is 1.99. The minimum absolute atomic E-state index is 0.111. The number of benzene rings is 1. The highest BCUT2D eigenvalue weighted by Crippen LogP contribution is 2.09. The van der Waals surface area contributed by atoms with Crippen molar-refractivity contribution < 1.29 is 19.5 Å². The van der Waals surface area contributed by atoms with Crippen LogP contribution < -0.4 is 10.6 Å². The number of carbonyl (C=O) groups excluding carboxylic acids is 2. The van der Waals surface area contributed by atoms with Crippen LogP contribution in [0.2, 0.25) is 5.02 Å². The molecular formula is C16H22ClN3O4. The van der Waals surface area contributed by atoms with E-state index in [0.717, 1.165) is 5.56 Å². The predicted octanol–water partition coefficient (Wildman–Crippen LogP) is 1.85. The van der Waals surface area contributed by atoms with E-state index in [1.165, 1.54) is 4.90 Å². The zero-order chi connectivity index (χ0) is 18.1. The lowest BCUT2D eigenvalue weighted by Crippen LogP contribution is -2.46. The molecule has 0 aliphatic carbocycles. The number of aliphatic carboxylic acids is 1. The highest BCUT2D eigenvalue weighted by Gasteiger charge is 2.18. The molecule has 0 saturated heterocycles. The van der Waals surface area contributed by atoms with Crippen LogP contribution in [0.15, 0.2) is 24.3 Å². The molecule has 132 valence electrons. The summed E-state index contributed by atoms with van der Waals surface area (Å²) in [7, 11) is 0. The van der Waals surface area contributed by atoms with Gasteiger partial charge in [-0.05, 0) is 31.5 Å². The lowest BCUT2D eigenvalue weighted by atomic mass is 10.2. The predicted molar refractivity (Wildman–Crippen MR) is 90.8 cm³/mol. The largest absolute Gasteiger partial charge is 0.481 e. The molecule has 0 spiro atoms. The summed E-state index contributed by atoms with van der Waals surface area (Å²) in [6.45, 7) is 3.81. The van der Waals surface area contributed by atoms with Gasteiger partial charge < -0.3 is 20.6 Å². The van der Waals surface area contributed by atoms with Gasteiger partial charge in [0.2, 0.25) is 5.91 Å². The number of halogens is 1. The molecule has 0 unspecified atom stereocenters. The van der Waals surface area contributed by atoms with Crippen molar-refractivity contribution in [3.8, 4) is 0 Å². The quantitative estimate of drug-likeness (QED) is 0.662. The van der Waals surface area contributed by atoms with Crippen LogP contribution in [-0.2, 0) is 16.1 Å². The average molecular weight is 356 g/mol. The Morgan fingerprint density at radius 3 is 2.33 bits per heavy atom. The molecule has 3 N–H and O–H groups in total. The van der Waals surface area contributed by atoms with Gasteiger partial charge >= 0.3 is 12.0 Å². The number of hydrogen-bond acceptors (Lipinski definition) is 3. The zero-order valence-electron chi connectivity index (χ0n) is 13.7. The van der Waals surface area contributed by atoms with Gasteiger partial charge in [0.1, 0.15) is 0 Å². The topological polar surface area (TPSA) is 98.7 Å². The number of rotatable bonds is 8. The first-order valence-corrected chi connectivity index (χ1v) is 7.94. The van der Waals surface area contributed by atoms with Gasteiger partial charge in [-0.15, -0.1) is 0 Å². The lowest BCUT2D eigenvalue weighted by Gasteiger charge is -2.26. The number of nitrogens with zero attached hydrogens (tertiary/aromatic N) is 1. The standard InChI is InChI=1S/C16H22ClN3O4/c1-11(2)20(8-7-15(22)23)14(21)10-19-16(24)18-9-12-3-5-13(17)6-4-12/h3-6,11H,7-10H2,1-2H3,(H,22,23)(H2,18,19,24). The van der Waals surface area contributed by atoms with E-state index in [2.05, 4.69) is 10.6 Å². The zero-order valence-corrected chi connectivity index (χ0v) is 14.5. The van der Waals surface area contributed by atoms with Crippen molar-refractivity contribution in [2.75, 3.05) is 13.1 Å². The van der Waals surface area contributed by atoms with Crippen molar-refractivity contribution in [3.05, 3.63) is 34.9 Å². The molecule has 1 rings (SSSR count). The molecule has 1 aromatic carbocycles. The maximum absolute atomic E-state index is 12.1. The molecular weight excluding hydrogens is 334 g/mol. The molecule has 0 heterocycles. The first-order chi connectivity index (χ1) is 11.3. The van der Waals surface area contributed by atoms with Gasteiger partial charge in [0.25, 0.3) is 0 Å². The molecule has 0 radical (unpaired) electrons. The highest BCUT2D eigenvalue weighted by atomic mass is 35.5. The van der Waals surface area contributed by atoms with E-state index in [1.54, 1.807) is 38.1 Å². The summed E-state index contributed by atoms with van der Waals surface area (Å²) in [6, 6.07) is 6.42. The summed E-state index contributed by atoms with van der Waals surface area (Å²) in [5, 5.41) is 14.4. The van der Waals surface area contributed by atoms with Crippen LogP contribution in [0.4, 0.5) is 4.79 Å². The molecule has 0 atom stereocenters. The van der Waals surface area contributed by atoms with Gasteiger partial charge in [0, 0.05) is 24.2 Å². The molecule has 0 aliphatic rings. The Kier molecular flexibility index (Phi) is 8.05. The van der Waals surface area contributed by atoms with Crippen LogP contribution in [0.1, 0.15) is 25.8 Å². The molecule has 24 heavy (non-hydrogen) atoms. The maximum Gasteiger partial charge on any atom is 0.315 e. The molecule has 0 aliphatic heterocycles. The summed E-state index contributed by atoms with van der Waals surface area (Å²) in [6.07, 6.45) is -0.132. The van der Waals surface area contributed by atoms with Gasteiger partial charge in [-0.3, -0.25) is 9.59 Å². The normalized spacial score (nSPS) is 10.3. The van der Waals surface area contributed by atoms with Crippen LogP contribution >= 0.6 is 11.6 Å². The minimum atomic E-state index is -0.970. The van der Waals surface area contributed by atoms with Gasteiger partial charge in [-0.2, -0.15) is 0 Å². The Morgan fingerprint density at radius 2 is 1.79 bits per heavy atom. The molecule has 0 bridgehead atoms. The Hall–Kier alpha value is -2.28. The third kappa shape index (κ3) is 7.32. The monoisotopic (exact) mass is 355 g/mol. The number of carbonyl (C=O) groups is 3. The summed E-state index contributed by atoms with van der Waals surface area (Å²) < 4.78 is 0. The average Bonchev–Trinajstić information content (AvgIpc) is 2.51. The van der Waals surface area contributed by atoms with E-state index in [4.69, 9.17) is 16.7 Å². The third-order valence-corrected chi connectivity index (χ3v) is 3.53. The fraction of sp³-hybridized carbons (Fsp3) is 0.438. The van der Waals surface area contributed by atoms with E-state index < -0.39 is 12.0 Å². The van der Waals surface area contributed by atoms with Crippen LogP contribution in [0, 0.1) is 0 Å². The molecule has 0 fully saturated rings.